The minimum Gasteiger partial charge on any atom is -0.489 e. The maximum Gasteiger partial charge on any atom is 0.273 e. The molecule has 0 radical (unpaired) electrons. The summed E-state index contributed by atoms with van der Waals surface area (Å²) in [6.07, 6.45) is 1.47. The smallest absolute Gasteiger partial charge is 0.273 e. The summed E-state index contributed by atoms with van der Waals surface area (Å²) >= 11 is 3.13. The minimum absolute atomic E-state index is 0.0209. The van der Waals surface area contributed by atoms with E-state index in [0.29, 0.717) is 23.5 Å². The van der Waals surface area contributed by atoms with Crippen molar-refractivity contribution in [2.75, 3.05) is 33.0 Å². The van der Waals surface area contributed by atoms with E-state index in [4.69, 9.17) is 9.47 Å². The van der Waals surface area contributed by atoms with Crippen molar-refractivity contribution in [1.82, 2.24) is 30.6 Å². The lowest BCUT2D eigenvalue weighted by atomic mass is 10.1. The molecule has 3 heterocycles. The lowest BCUT2D eigenvalue weighted by molar-refractivity contribution is 0.0894. The Morgan fingerprint density at radius 3 is 2.78 bits per heavy atom. The van der Waals surface area contributed by atoms with Gasteiger partial charge in [-0.3, -0.25) is 9.59 Å². The molecule has 2 N–H and O–H groups in total. The topological polar surface area (TPSA) is 120 Å². The standard InChI is InChI=1S/C24H25FN6O4S2/c1-2-26-22(32)16-5-6-19(20(12-16)35-10-9-34-8-7-25)31-14-18(29-30-31)23(33)27-13-17-15-37-24(28-17)21-4-3-11-36-21/h3-6,11-12,14-15H,2,7-10,13H2,1H3,(H,26,32)(H,27,33). The summed E-state index contributed by atoms with van der Waals surface area (Å²) in [5.74, 6) is -0.318. The number of alkyl halides is 1. The van der Waals surface area contributed by atoms with Crippen molar-refractivity contribution in [3.05, 3.63) is 64.2 Å². The van der Waals surface area contributed by atoms with E-state index in [9.17, 15) is 14.0 Å². The molecule has 0 spiro atoms. The number of thiophene rings is 1. The number of nitrogens with zero attached hydrogens (tertiary/aromatic N) is 4. The number of halogens is 1. The summed E-state index contributed by atoms with van der Waals surface area (Å²) in [4.78, 5) is 30.6. The molecule has 3 aromatic heterocycles. The zero-order valence-corrected chi connectivity index (χ0v) is 21.6. The van der Waals surface area contributed by atoms with E-state index in [2.05, 4.69) is 25.9 Å². The Morgan fingerprint density at radius 1 is 1.11 bits per heavy atom. The summed E-state index contributed by atoms with van der Waals surface area (Å²) < 4.78 is 24.6. The highest BCUT2D eigenvalue weighted by atomic mass is 32.1. The number of carbonyl (C=O) groups is 2. The first-order chi connectivity index (χ1) is 18.1. The summed E-state index contributed by atoms with van der Waals surface area (Å²) in [6.45, 7) is 2.26. The van der Waals surface area contributed by atoms with Crippen LogP contribution in [0.2, 0.25) is 0 Å². The fraction of sp³-hybridized carbons (Fsp3) is 0.292. The van der Waals surface area contributed by atoms with Crippen LogP contribution in [0.15, 0.2) is 47.3 Å². The number of carbonyl (C=O) groups excluding carboxylic acids is 2. The van der Waals surface area contributed by atoms with Gasteiger partial charge in [0, 0.05) is 17.5 Å². The van der Waals surface area contributed by atoms with Gasteiger partial charge in [-0.2, -0.15) is 0 Å². The zero-order chi connectivity index (χ0) is 26.0. The van der Waals surface area contributed by atoms with Crippen molar-refractivity contribution >= 4 is 34.5 Å². The Bertz CT molecular complexity index is 1320. The maximum atomic E-state index is 12.7. The molecule has 0 saturated carbocycles. The quantitative estimate of drug-likeness (QED) is 0.247. The Hall–Kier alpha value is -3.68. The Labute approximate surface area is 220 Å². The summed E-state index contributed by atoms with van der Waals surface area (Å²) in [7, 11) is 0. The third kappa shape index (κ3) is 6.96. The van der Waals surface area contributed by atoms with Crippen LogP contribution in [0.5, 0.6) is 5.75 Å². The molecule has 2 amide bonds. The van der Waals surface area contributed by atoms with Crippen LogP contribution in [0.4, 0.5) is 4.39 Å². The molecule has 4 aromatic rings. The van der Waals surface area contributed by atoms with Gasteiger partial charge in [0.15, 0.2) is 5.69 Å². The molecule has 37 heavy (non-hydrogen) atoms. The molecular weight excluding hydrogens is 519 g/mol. The average molecular weight is 545 g/mol. The lowest BCUT2D eigenvalue weighted by Gasteiger charge is -2.13. The second-order valence-electron chi connectivity index (χ2n) is 7.54. The van der Waals surface area contributed by atoms with Crippen molar-refractivity contribution in [1.29, 1.82) is 0 Å². The van der Waals surface area contributed by atoms with Crippen LogP contribution in [-0.2, 0) is 11.3 Å². The molecule has 0 bridgehead atoms. The van der Waals surface area contributed by atoms with E-state index < -0.39 is 12.6 Å². The number of amides is 2. The van der Waals surface area contributed by atoms with Gasteiger partial charge in [-0.05, 0) is 36.6 Å². The molecule has 0 unspecified atom stereocenters. The summed E-state index contributed by atoms with van der Waals surface area (Å²) in [6, 6.07) is 8.82. The number of thiazole rings is 1. The molecule has 0 atom stereocenters. The molecule has 0 aliphatic heterocycles. The Morgan fingerprint density at radius 2 is 2.00 bits per heavy atom. The predicted molar refractivity (Wildman–Crippen MR) is 138 cm³/mol. The predicted octanol–water partition coefficient (Wildman–Crippen LogP) is 3.50. The number of aromatic nitrogens is 4. The van der Waals surface area contributed by atoms with Gasteiger partial charge in [0.1, 0.15) is 29.7 Å². The van der Waals surface area contributed by atoms with Gasteiger partial charge in [-0.1, -0.05) is 11.3 Å². The van der Waals surface area contributed by atoms with Gasteiger partial charge in [0.2, 0.25) is 0 Å². The molecular formula is C24H25FN6O4S2. The number of nitrogens with one attached hydrogen (secondary N) is 2. The first kappa shape index (κ1) is 26.4. The van der Waals surface area contributed by atoms with Crippen LogP contribution in [-0.4, -0.2) is 64.8 Å². The lowest BCUT2D eigenvalue weighted by Crippen LogP contribution is -2.23. The third-order valence-corrected chi connectivity index (χ3v) is 6.88. The second kappa shape index (κ2) is 13.0. The highest BCUT2D eigenvalue weighted by Gasteiger charge is 2.17. The Kier molecular flexibility index (Phi) is 9.29. The molecule has 4 rings (SSSR count). The highest BCUT2D eigenvalue weighted by Crippen LogP contribution is 2.28. The van der Waals surface area contributed by atoms with Gasteiger partial charge in [-0.15, -0.1) is 27.8 Å². The van der Waals surface area contributed by atoms with Gasteiger partial charge in [0.05, 0.1) is 36.5 Å². The summed E-state index contributed by atoms with van der Waals surface area (Å²) in [5.41, 5.74) is 1.73. The Balaban J connectivity index is 1.44. The van der Waals surface area contributed by atoms with Crippen molar-refractivity contribution in [3.63, 3.8) is 0 Å². The van der Waals surface area contributed by atoms with Gasteiger partial charge >= 0.3 is 0 Å². The van der Waals surface area contributed by atoms with E-state index >= 15 is 0 Å². The number of ether oxygens (including phenoxy) is 2. The zero-order valence-electron chi connectivity index (χ0n) is 20.0. The fourth-order valence-corrected chi connectivity index (χ4v) is 4.87. The van der Waals surface area contributed by atoms with Crippen molar-refractivity contribution in [2.45, 2.75) is 13.5 Å². The molecule has 1 aromatic carbocycles. The normalized spacial score (nSPS) is 10.9. The molecule has 0 fully saturated rings. The number of rotatable bonds is 13. The fourth-order valence-electron chi connectivity index (χ4n) is 3.24. The summed E-state index contributed by atoms with van der Waals surface area (Å²) in [5, 5.41) is 18.4. The van der Waals surface area contributed by atoms with E-state index in [1.165, 1.54) is 22.2 Å². The monoisotopic (exact) mass is 544 g/mol. The van der Waals surface area contributed by atoms with Crippen molar-refractivity contribution in [2.24, 2.45) is 0 Å². The molecule has 0 aliphatic rings. The first-order valence-electron chi connectivity index (χ1n) is 11.5. The van der Waals surface area contributed by atoms with E-state index in [1.54, 1.807) is 29.5 Å². The van der Waals surface area contributed by atoms with Crippen LogP contribution in [0.25, 0.3) is 15.6 Å². The van der Waals surface area contributed by atoms with Crippen LogP contribution in [0.3, 0.4) is 0 Å². The van der Waals surface area contributed by atoms with Crippen LogP contribution >= 0.6 is 22.7 Å². The number of benzene rings is 1. The third-order valence-electron chi connectivity index (χ3n) is 4.95. The minimum atomic E-state index is -0.583. The van der Waals surface area contributed by atoms with Gasteiger partial charge in [0.25, 0.3) is 11.8 Å². The maximum absolute atomic E-state index is 12.7. The van der Waals surface area contributed by atoms with Crippen LogP contribution in [0, 0.1) is 0 Å². The van der Waals surface area contributed by atoms with E-state index in [1.807, 2.05) is 29.8 Å². The van der Waals surface area contributed by atoms with Gasteiger partial charge < -0.3 is 20.1 Å². The largest absolute Gasteiger partial charge is 0.489 e. The van der Waals surface area contributed by atoms with Crippen LogP contribution < -0.4 is 15.4 Å². The van der Waals surface area contributed by atoms with Crippen LogP contribution in [0.1, 0.15) is 33.5 Å². The molecule has 194 valence electrons. The second-order valence-corrected chi connectivity index (χ2v) is 9.35. The van der Waals surface area contributed by atoms with Gasteiger partial charge in [-0.25, -0.2) is 14.1 Å². The molecule has 0 aliphatic carbocycles. The average Bonchev–Trinajstić information content (AvgIpc) is 3.69. The van der Waals surface area contributed by atoms with Crippen molar-refractivity contribution < 1.29 is 23.5 Å². The van der Waals surface area contributed by atoms with E-state index in [0.717, 1.165) is 15.6 Å². The van der Waals surface area contributed by atoms with Crippen molar-refractivity contribution in [3.8, 4) is 21.3 Å². The SMILES string of the molecule is CCNC(=O)c1ccc(-n2cc(C(=O)NCc3csc(-c4cccs4)n3)nn2)c(OCCOCCF)c1. The highest BCUT2D eigenvalue weighted by molar-refractivity contribution is 7.20. The molecule has 13 heteroatoms. The number of hydrogen-bond donors (Lipinski definition) is 2. The van der Waals surface area contributed by atoms with E-state index in [-0.39, 0.29) is 38.0 Å². The molecule has 10 nitrogen and oxygen atoms in total. The number of hydrogen-bond acceptors (Lipinski definition) is 9. The molecule has 0 saturated heterocycles. The first-order valence-corrected chi connectivity index (χ1v) is 13.2.